The molecule has 0 heterocycles. The van der Waals surface area contributed by atoms with E-state index in [4.69, 9.17) is 22.2 Å². The molecule has 0 fully saturated rings. The van der Waals surface area contributed by atoms with E-state index in [0.717, 1.165) is 17.0 Å². The smallest absolute Gasteiger partial charge is 0.143 e. The van der Waals surface area contributed by atoms with Crippen molar-refractivity contribution in [3.05, 3.63) is 23.8 Å². The van der Waals surface area contributed by atoms with Crippen molar-refractivity contribution in [1.82, 2.24) is 0 Å². The second-order valence-electron chi connectivity index (χ2n) is 2.54. The third-order valence-corrected chi connectivity index (χ3v) is 1.96. The first kappa shape index (κ1) is 10.2. The Labute approximate surface area is 82.8 Å². The Morgan fingerprint density at radius 2 is 2.31 bits per heavy atom. The van der Waals surface area contributed by atoms with Crippen LogP contribution in [0, 0.1) is 0 Å². The van der Waals surface area contributed by atoms with Gasteiger partial charge in [0, 0.05) is 5.88 Å². The Hall–Kier alpha value is -0.930. The summed E-state index contributed by atoms with van der Waals surface area (Å²) >= 11 is 5.69. The molecule has 0 aliphatic rings. The Morgan fingerprint density at radius 3 is 2.85 bits per heavy atom. The lowest BCUT2D eigenvalue weighted by Gasteiger charge is -2.10. The van der Waals surface area contributed by atoms with Crippen molar-refractivity contribution in [2.24, 2.45) is 5.84 Å². The van der Waals surface area contributed by atoms with E-state index in [1.807, 2.05) is 25.1 Å². The molecule has 4 heteroatoms. The van der Waals surface area contributed by atoms with Gasteiger partial charge in [0.2, 0.25) is 0 Å². The maximum atomic E-state index is 5.69. The van der Waals surface area contributed by atoms with Gasteiger partial charge in [0.05, 0.1) is 12.3 Å². The molecule has 0 saturated heterocycles. The Morgan fingerprint density at radius 1 is 1.54 bits per heavy atom. The maximum absolute atomic E-state index is 5.69. The van der Waals surface area contributed by atoms with Crippen LogP contribution in [0.1, 0.15) is 12.5 Å². The van der Waals surface area contributed by atoms with Crippen molar-refractivity contribution in [2.75, 3.05) is 12.0 Å². The molecule has 3 nitrogen and oxygen atoms in total. The minimum atomic E-state index is 0.477. The van der Waals surface area contributed by atoms with Gasteiger partial charge in [-0.05, 0) is 24.6 Å². The molecule has 0 spiro atoms. The molecule has 0 atom stereocenters. The Balaban J connectivity index is 2.95. The lowest BCUT2D eigenvalue weighted by Crippen LogP contribution is -2.09. The van der Waals surface area contributed by atoms with Crippen molar-refractivity contribution in [3.63, 3.8) is 0 Å². The first-order valence-corrected chi connectivity index (χ1v) is 4.63. The van der Waals surface area contributed by atoms with Crippen LogP contribution in [0.5, 0.6) is 5.75 Å². The fourth-order valence-electron chi connectivity index (χ4n) is 1.04. The van der Waals surface area contributed by atoms with Crippen molar-refractivity contribution in [1.29, 1.82) is 0 Å². The third kappa shape index (κ3) is 2.50. The number of hydrogen-bond donors (Lipinski definition) is 2. The number of hydrogen-bond acceptors (Lipinski definition) is 3. The molecule has 0 saturated carbocycles. The number of alkyl halides is 1. The first-order valence-electron chi connectivity index (χ1n) is 4.10. The molecular weight excluding hydrogens is 188 g/mol. The summed E-state index contributed by atoms with van der Waals surface area (Å²) in [4.78, 5) is 0. The van der Waals surface area contributed by atoms with Crippen LogP contribution in [0.25, 0.3) is 0 Å². The molecule has 0 aliphatic carbocycles. The normalized spacial score (nSPS) is 9.77. The number of nitrogens with two attached hydrogens (primary N) is 1. The molecule has 1 rings (SSSR count). The molecule has 13 heavy (non-hydrogen) atoms. The van der Waals surface area contributed by atoms with Gasteiger partial charge in [0.25, 0.3) is 0 Å². The van der Waals surface area contributed by atoms with Gasteiger partial charge in [0.1, 0.15) is 5.75 Å². The van der Waals surface area contributed by atoms with Crippen LogP contribution in [-0.4, -0.2) is 6.61 Å². The van der Waals surface area contributed by atoms with E-state index < -0.39 is 0 Å². The lowest BCUT2D eigenvalue weighted by atomic mass is 10.2. The topological polar surface area (TPSA) is 47.3 Å². The van der Waals surface area contributed by atoms with Gasteiger partial charge in [-0.3, -0.25) is 5.84 Å². The zero-order valence-corrected chi connectivity index (χ0v) is 8.27. The van der Waals surface area contributed by atoms with Crippen LogP contribution < -0.4 is 16.0 Å². The van der Waals surface area contributed by atoms with Crippen molar-refractivity contribution in [2.45, 2.75) is 12.8 Å². The highest BCUT2D eigenvalue weighted by molar-refractivity contribution is 6.17. The largest absolute Gasteiger partial charge is 0.492 e. The monoisotopic (exact) mass is 200 g/mol. The van der Waals surface area contributed by atoms with Gasteiger partial charge >= 0.3 is 0 Å². The summed E-state index contributed by atoms with van der Waals surface area (Å²) in [6.45, 7) is 2.54. The summed E-state index contributed by atoms with van der Waals surface area (Å²) in [5, 5.41) is 0. The second-order valence-corrected chi connectivity index (χ2v) is 2.81. The average Bonchev–Trinajstić information content (AvgIpc) is 2.18. The van der Waals surface area contributed by atoms with Crippen LogP contribution >= 0.6 is 11.6 Å². The minimum absolute atomic E-state index is 0.477. The van der Waals surface area contributed by atoms with Crippen molar-refractivity contribution in [3.8, 4) is 5.75 Å². The number of nitrogens with one attached hydrogen (secondary N) is 1. The van der Waals surface area contributed by atoms with E-state index in [-0.39, 0.29) is 0 Å². The highest BCUT2D eigenvalue weighted by Gasteiger charge is 2.02. The molecule has 0 radical (unpaired) electrons. The number of nitrogen functional groups attached to an aromatic ring is 1. The van der Waals surface area contributed by atoms with E-state index >= 15 is 0 Å². The molecular formula is C9H13ClN2O. The average molecular weight is 201 g/mol. The Bertz CT molecular complexity index is 278. The van der Waals surface area contributed by atoms with Crippen LogP contribution in [0.4, 0.5) is 5.69 Å². The SMILES string of the molecule is CCOc1cc(CCl)ccc1NN. The van der Waals surface area contributed by atoms with E-state index in [1.165, 1.54) is 0 Å². The van der Waals surface area contributed by atoms with E-state index in [2.05, 4.69) is 5.43 Å². The van der Waals surface area contributed by atoms with Gasteiger partial charge in [-0.15, -0.1) is 11.6 Å². The molecule has 0 amide bonds. The zero-order valence-electron chi connectivity index (χ0n) is 7.51. The minimum Gasteiger partial charge on any atom is -0.492 e. The molecule has 0 aliphatic heterocycles. The summed E-state index contributed by atoms with van der Waals surface area (Å²) in [5.41, 5.74) is 4.36. The van der Waals surface area contributed by atoms with Crippen LogP contribution in [0.2, 0.25) is 0 Å². The number of anilines is 1. The van der Waals surface area contributed by atoms with Crippen LogP contribution in [-0.2, 0) is 5.88 Å². The predicted molar refractivity (Wildman–Crippen MR) is 55.0 cm³/mol. The maximum Gasteiger partial charge on any atom is 0.143 e. The molecule has 3 N–H and O–H groups in total. The first-order chi connectivity index (χ1) is 6.31. The van der Waals surface area contributed by atoms with Gasteiger partial charge in [-0.25, -0.2) is 0 Å². The van der Waals surface area contributed by atoms with Crippen molar-refractivity contribution >= 4 is 17.3 Å². The molecule has 72 valence electrons. The van der Waals surface area contributed by atoms with Crippen LogP contribution in [0.3, 0.4) is 0 Å². The van der Waals surface area contributed by atoms with Gasteiger partial charge < -0.3 is 10.2 Å². The molecule has 0 unspecified atom stereocenters. The fraction of sp³-hybridized carbons (Fsp3) is 0.333. The highest BCUT2D eigenvalue weighted by atomic mass is 35.5. The highest BCUT2D eigenvalue weighted by Crippen LogP contribution is 2.25. The summed E-state index contributed by atoms with van der Waals surface area (Å²) in [5.74, 6) is 6.53. The third-order valence-electron chi connectivity index (χ3n) is 1.66. The second kappa shape index (κ2) is 4.94. The predicted octanol–water partition coefficient (Wildman–Crippen LogP) is 2.11. The number of ether oxygens (including phenoxy) is 1. The van der Waals surface area contributed by atoms with Gasteiger partial charge in [-0.1, -0.05) is 6.07 Å². The van der Waals surface area contributed by atoms with E-state index in [0.29, 0.717) is 12.5 Å². The van der Waals surface area contributed by atoms with Crippen molar-refractivity contribution < 1.29 is 4.74 Å². The molecule has 0 aromatic heterocycles. The summed E-state index contributed by atoms with van der Waals surface area (Å²) in [6.07, 6.45) is 0. The summed E-state index contributed by atoms with van der Waals surface area (Å²) < 4.78 is 5.37. The number of halogens is 1. The molecule has 1 aromatic carbocycles. The quantitative estimate of drug-likeness (QED) is 0.445. The zero-order chi connectivity index (χ0) is 9.68. The fourth-order valence-corrected chi connectivity index (χ4v) is 1.21. The van der Waals surface area contributed by atoms with E-state index in [1.54, 1.807) is 0 Å². The molecule has 1 aromatic rings. The number of rotatable bonds is 4. The number of hydrazine groups is 1. The lowest BCUT2D eigenvalue weighted by molar-refractivity contribution is 0.341. The Kier molecular flexibility index (Phi) is 3.86. The standard InChI is InChI=1S/C9H13ClN2O/c1-2-13-9-5-7(6-10)3-4-8(9)12-11/h3-5,12H,2,6,11H2,1H3. The number of benzene rings is 1. The van der Waals surface area contributed by atoms with Crippen LogP contribution in [0.15, 0.2) is 18.2 Å². The summed E-state index contributed by atoms with van der Waals surface area (Å²) in [7, 11) is 0. The van der Waals surface area contributed by atoms with E-state index in [9.17, 15) is 0 Å². The molecule has 0 bridgehead atoms. The van der Waals surface area contributed by atoms with Gasteiger partial charge in [0.15, 0.2) is 0 Å². The summed E-state index contributed by atoms with van der Waals surface area (Å²) in [6, 6.07) is 5.64. The van der Waals surface area contributed by atoms with Gasteiger partial charge in [-0.2, -0.15) is 0 Å².